The van der Waals surface area contributed by atoms with Crippen LogP contribution >= 0.6 is 23.7 Å². The molecule has 0 radical (unpaired) electrons. The van der Waals surface area contributed by atoms with Crippen molar-refractivity contribution in [3.05, 3.63) is 53.4 Å². The summed E-state index contributed by atoms with van der Waals surface area (Å²) in [5.74, 6) is 0.717. The van der Waals surface area contributed by atoms with Gasteiger partial charge in [-0.3, -0.25) is 4.79 Å². The topological polar surface area (TPSA) is 44.8 Å². The van der Waals surface area contributed by atoms with Crippen LogP contribution in [0.3, 0.4) is 0 Å². The number of hydrogen-bond donors (Lipinski definition) is 1. The van der Waals surface area contributed by atoms with Gasteiger partial charge in [0.2, 0.25) is 0 Å². The molecule has 0 aliphatic carbocycles. The van der Waals surface area contributed by atoms with Gasteiger partial charge in [0.15, 0.2) is 0 Å². The van der Waals surface area contributed by atoms with Crippen LogP contribution in [-0.4, -0.2) is 62.8 Å². The van der Waals surface area contributed by atoms with Crippen molar-refractivity contribution in [2.75, 3.05) is 50.8 Å². The lowest BCUT2D eigenvalue weighted by Crippen LogP contribution is -2.57. The van der Waals surface area contributed by atoms with Gasteiger partial charge >= 0.3 is 0 Å². The van der Waals surface area contributed by atoms with Crippen LogP contribution in [0.2, 0.25) is 0 Å². The van der Waals surface area contributed by atoms with Crippen LogP contribution in [0, 0.1) is 5.92 Å². The summed E-state index contributed by atoms with van der Waals surface area (Å²) in [5, 5.41) is 4.49. The van der Waals surface area contributed by atoms with Gasteiger partial charge in [0, 0.05) is 36.1 Å². The second-order valence-corrected chi connectivity index (χ2v) is 10.3. The molecule has 4 saturated heterocycles. The molecule has 4 aliphatic heterocycles. The summed E-state index contributed by atoms with van der Waals surface area (Å²) in [5.41, 5.74) is 3.63. The number of nitrogens with zero attached hydrogens (tertiary/aromatic N) is 2. The van der Waals surface area contributed by atoms with E-state index in [9.17, 15) is 4.79 Å². The van der Waals surface area contributed by atoms with Gasteiger partial charge in [-0.25, -0.2) is 0 Å². The summed E-state index contributed by atoms with van der Waals surface area (Å²) in [6.45, 7) is 6.79. The maximum absolute atomic E-state index is 13.1. The molecule has 3 aromatic rings. The smallest absolute Gasteiger partial charge is 0.261 e. The minimum atomic E-state index is 0. The van der Waals surface area contributed by atoms with Gasteiger partial charge in [-0.15, -0.1) is 23.7 Å². The van der Waals surface area contributed by atoms with E-state index in [0.717, 1.165) is 43.1 Å². The third kappa shape index (κ3) is 4.50. The van der Waals surface area contributed by atoms with Crippen LogP contribution in [0.1, 0.15) is 22.5 Å². The fraction of sp³-hybridized carbons (Fsp3) is 0.423. The van der Waals surface area contributed by atoms with Crippen molar-refractivity contribution in [3.8, 4) is 11.1 Å². The average Bonchev–Trinajstić information content (AvgIpc) is 3.30. The lowest BCUT2D eigenvalue weighted by molar-refractivity contribution is 0.0622. The molecule has 0 spiro atoms. The van der Waals surface area contributed by atoms with E-state index >= 15 is 0 Å². The summed E-state index contributed by atoms with van der Waals surface area (Å²) in [4.78, 5) is 18.8. The number of carbonyl (C=O) groups is 1. The van der Waals surface area contributed by atoms with Crippen molar-refractivity contribution < 1.29 is 9.53 Å². The first-order chi connectivity index (χ1) is 15.7. The molecule has 0 saturated carbocycles. The van der Waals surface area contributed by atoms with E-state index in [1.165, 1.54) is 47.4 Å². The highest BCUT2D eigenvalue weighted by Gasteiger charge is 2.35. The predicted octanol–water partition coefficient (Wildman–Crippen LogP) is 4.65. The molecule has 2 bridgehead atoms. The van der Waals surface area contributed by atoms with Crippen molar-refractivity contribution in [2.24, 2.45) is 5.92 Å². The number of carbonyl (C=O) groups excluding carboxylic acids is 1. The maximum atomic E-state index is 13.1. The Labute approximate surface area is 205 Å². The number of piperidine rings is 3. The summed E-state index contributed by atoms with van der Waals surface area (Å²) >= 11 is 1.62. The molecule has 7 rings (SSSR count). The largest absolute Gasteiger partial charge is 0.378 e. The van der Waals surface area contributed by atoms with E-state index in [-0.39, 0.29) is 18.3 Å². The highest BCUT2D eigenvalue weighted by molar-refractivity contribution is 7.21. The first kappa shape index (κ1) is 22.7. The fourth-order valence-corrected chi connectivity index (χ4v) is 6.56. The summed E-state index contributed by atoms with van der Waals surface area (Å²) in [7, 11) is 0. The number of anilines is 1. The van der Waals surface area contributed by atoms with Crippen molar-refractivity contribution in [1.29, 1.82) is 0 Å². The highest BCUT2D eigenvalue weighted by atomic mass is 35.5. The molecule has 7 heteroatoms. The molecular formula is C26H30ClN3O2S. The molecule has 4 fully saturated rings. The third-order valence-corrected chi connectivity index (χ3v) is 8.46. The molecule has 0 unspecified atom stereocenters. The number of ether oxygens (including phenoxy) is 1. The Morgan fingerprint density at radius 2 is 1.79 bits per heavy atom. The van der Waals surface area contributed by atoms with Gasteiger partial charge in [0.25, 0.3) is 5.91 Å². The zero-order chi connectivity index (χ0) is 21.5. The molecule has 5 nitrogen and oxygen atoms in total. The minimum Gasteiger partial charge on any atom is -0.378 e. The minimum absolute atomic E-state index is 0. The Morgan fingerprint density at radius 1 is 1.00 bits per heavy atom. The fourth-order valence-electron chi connectivity index (χ4n) is 5.46. The van der Waals surface area contributed by atoms with Gasteiger partial charge in [-0.05, 0) is 66.6 Å². The number of fused-ring (bicyclic) bond motifs is 4. The molecule has 2 aromatic carbocycles. The second kappa shape index (κ2) is 9.63. The Bertz CT molecular complexity index is 1140. The van der Waals surface area contributed by atoms with E-state index < -0.39 is 0 Å². The summed E-state index contributed by atoms with van der Waals surface area (Å²) in [6, 6.07) is 17.5. The van der Waals surface area contributed by atoms with Gasteiger partial charge < -0.3 is 19.9 Å². The summed E-state index contributed by atoms with van der Waals surface area (Å²) < 4.78 is 6.69. The lowest BCUT2D eigenvalue weighted by Gasteiger charge is -2.44. The standard InChI is InChI=1S/C26H29N3O2S.ClH/c30-26(27-23-17-28-9-7-18(23)8-10-28)24-16-20-4-2-6-22(25(20)32-24)19-3-1-5-21(15-19)29-11-13-31-14-12-29;/h1-6,15-16,18,23H,7-14,17H2,(H,27,30);1H/t23-;/m0./s1. The van der Waals surface area contributed by atoms with Crippen LogP contribution < -0.4 is 10.2 Å². The van der Waals surface area contributed by atoms with E-state index in [2.05, 4.69) is 63.6 Å². The van der Waals surface area contributed by atoms with Gasteiger partial charge in [-0.2, -0.15) is 0 Å². The number of thiophene rings is 1. The highest BCUT2D eigenvalue weighted by Crippen LogP contribution is 2.37. The molecule has 1 amide bonds. The Morgan fingerprint density at radius 3 is 2.55 bits per heavy atom. The van der Waals surface area contributed by atoms with E-state index in [1.54, 1.807) is 11.3 Å². The molecule has 5 heterocycles. The number of nitrogens with one attached hydrogen (secondary N) is 1. The maximum Gasteiger partial charge on any atom is 0.261 e. The normalized spacial score (nSPS) is 24.5. The number of amides is 1. The van der Waals surface area contributed by atoms with Crippen molar-refractivity contribution >= 4 is 45.4 Å². The first-order valence-electron chi connectivity index (χ1n) is 11.7. The van der Waals surface area contributed by atoms with Crippen molar-refractivity contribution in [2.45, 2.75) is 18.9 Å². The van der Waals surface area contributed by atoms with Crippen LogP contribution in [0.5, 0.6) is 0 Å². The van der Waals surface area contributed by atoms with Gasteiger partial charge in [0.1, 0.15) is 0 Å². The van der Waals surface area contributed by atoms with Crippen molar-refractivity contribution in [3.63, 3.8) is 0 Å². The molecule has 174 valence electrons. The van der Waals surface area contributed by atoms with E-state index in [4.69, 9.17) is 4.74 Å². The number of morpholine rings is 1. The predicted molar refractivity (Wildman–Crippen MR) is 138 cm³/mol. The molecular weight excluding hydrogens is 454 g/mol. The molecule has 1 aromatic heterocycles. The van der Waals surface area contributed by atoms with E-state index in [0.29, 0.717) is 12.0 Å². The van der Waals surface area contributed by atoms with Crippen molar-refractivity contribution in [1.82, 2.24) is 10.2 Å². The van der Waals surface area contributed by atoms with E-state index in [1.807, 2.05) is 0 Å². The SMILES string of the molecule is Cl.O=C(N[C@H]1CN2CCC1CC2)c1cc2cccc(-c3cccc(N4CCOCC4)c3)c2s1. The quantitative estimate of drug-likeness (QED) is 0.586. The average molecular weight is 484 g/mol. The zero-order valence-corrected chi connectivity index (χ0v) is 20.3. The first-order valence-corrected chi connectivity index (χ1v) is 12.6. The van der Waals surface area contributed by atoms with Crippen LogP contribution in [-0.2, 0) is 4.74 Å². The Balaban J connectivity index is 0.00000228. The lowest BCUT2D eigenvalue weighted by atomic mass is 9.84. The van der Waals surface area contributed by atoms with Gasteiger partial charge in [-0.1, -0.05) is 30.3 Å². The Hall–Kier alpha value is -2.12. The number of halogens is 1. The number of hydrogen-bond acceptors (Lipinski definition) is 5. The third-order valence-electron chi connectivity index (χ3n) is 7.27. The van der Waals surface area contributed by atoms with Crippen LogP contribution in [0.4, 0.5) is 5.69 Å². The molecule has 1 N–H and O–H groups in total. The second-order valence-electron chi connectivity index (χ2n) is 9.20. The van der Waals surface area contributed by atoms with Crippen LogP contribution in [0.15, 0.2) is 48.5 Å². The van der Waals surface area contributed by atoms with Gasteiger partial charge in [0.05, 0.1) is 18.1 Å². The Kier molecular flexibility index (Phi) is 6.61. The molecule has 33 heavy (non-hydrogen) atoms. The monoisotopic (exact) mass is 483 g/mol. The molecule has 1 atom stereocenters. The zero-order valence-electron chi connectivity index (χ0n) is 18.7. The van der Waals surface area contributed by atoms with Crippen LogP contribution in [0.25, 0.3) is 21.2 Å². The number of rotatable bonds is 4. The summed E-state index contributed by atoms with van der Waals surface area (Å²) in [6.07, 6.45) is 2.42. The number of benzene rings is 2. The molecule has 4 aliphatic rings.